The van der Waals surface area contributed by atoms with Gasteiger partial charge in [0.2, 0.25) is 0 Å². The lowest BCUT2D eigenvalue weighted by atomic mass is 9.94. The standard InChI is InChI=1S/C12H22F3NO/c1-2-16-9-11(17-10-12(13,14)15)7-5-3-4-6-8-11/h16H,2-10H2,1H3. The normalized spacial score (nSPS) is 21.2. The second kappa shape index (κ2) is 6.59. The molecule has 1 fully saturated rings. The summed E-state index contributed by atoms with van der Waals surface area (Å²) in [6, 6.07) is 0. The maximum absolute atomic E-state index is 12.3. The molecule has 17 heavy (non-hydrogen) atoms. The molecule has 0 amide bonds. The molecule has 1 saturated carbocycles. The average molecular weight is 253 g/mol. The summed E-state index contributed by atoms with van der Waals surface area (Å²) in [7, 11) is 0. The van der Waals surface area contributed by atoms with E-state index in [1.807, 2.05) is 6.92 Å². The molecule has 1 aliphatic carbocycles. The summed E-state index contributed by atoms with van der Waals surface area (Å²) >= 11 is 0. The van der Waals surface area contributed by atoms with E-state index in [0.29, 0.717) is 6.54 Å². The molecule has 0 saturated heterocycles. The molecule has 0 aromatic carbocycles. The Balaban J connectivity index is 2.56. The number of hydrogen-bond acceptors (Lipinski definition) is 2. The van der Waals surface area contributed by atoms with Gasteiger partial charge in [0, 0.05) is 6.54 Å². The van der Waals surface area contributed by atoms with Gasteiger partial charge >= 0.3 is 6.18 Å². The Morgan fingerprint density at radius 3 is 2.18 bits per heavy atom. The molecule has 1 rings (SSSR count). The number of hydrogen-bond donors (Lipinski definition) is 1. The van der Waals surface area contributed by atoms with Gasteiger partial charge < -0.3 is 10.1 Å². The molecule has 0 heterocycles. The van der Waals surface area contributed by atoms with E-state index in [9.17, 15) is 13.2 Å². The van der Waals surface area contributed by atoms with Gasteiger partial charge in [0.25, 0.3) is 0 Å². The summed E-state index contributed by atoms with van der Waals surface area (Å²) in [6.45, 7) is 2.11. The summed E-state index contributed by atoms with van der Waals surface area (Å²) in [6.07, 6.45) is 1.36. The minimum absolute atomic E-state index is 0.527. The molecular weight excluding hydrogens is 231 g/mol. The van der Waals surface area contributed by atoms with Gasteiger partial charge in [0.1, 0.15) is 6.61 Å². The minimum Gasteiger partial charge on any atom is -0.364 e. The van der Waals surface area contributed by atoms with E-state index in [-0.39, 0.29) is 0 Å². The highest BCUT2D eigenvalue weighted by atomic mass is 19.4. The fourth-order valence-corrected chi connectivity index (χ4v) is 2.33. The predicted molar refractivity (Wildman–Crippen MR) is 61.0 cm³/mol. The van der Waals surface area contributed by atoms with Crippen LogP contribution in [0.25, 0.3) is 0 Å². The van der Waals surface area contributed by atoms with Gasteiger partial charge in [-0.2, -0.15) is 13.2 Å². The summed E-state index contributed by atoms with van der Waals surface area (Å²) < 4.78 is 42.0. The van der Waals surface area contributed by atoms with E-state index >= 15 is 0 Å². The van der Waals surface area contributed by atoms with Crippen molar-refractivity contribution in [3.8, 4) is 0 Å². The number of halogens is 3. The third-order valence-corrected chi connectivity index (χ3v) is 3.25. The predicted octanol–water partition coefficient (Wildman–Crippen LogP) is 3.27. The van der Waals surface area contributed by atoms with Gasteiger partial charge in [-0.05, 0) is 19.4 Å². The third kappa shape index (κ3) is 5.73. The van der Waals surface area contributed by atoms with Crippen molar-refractivity contribution >= 4 is 0 Å². The topological polar surface area (TPSA) is 21.3 Å². The lowest BCUT2D eigenvalue weighted by Crippen LogP contribution is -2.44. The van der Waals surface area contributed by atoms with E-state index < -0.39 is 18.4 Å². The van der Waals surface area contributed by atoms with Crippen LogP contribution in [0, 0.1) is 0 Å². The van der Waals surface area contributed by atoms with Crippen LogP contribution in [-0.4, -0.2) is 31.5 Å². The molecule has 0 spiro atoms. The van der Waals surface area contributed by atoms with Gasteiger partial charge in [-0.25, -0.2) is 0 Å². The lowest BCUT2D eigenvalue weighted by molar-refractivity contribution is -0.207. The van der Waals surface area contributed by atoms with Crippen molar-refractivity contribution in [2.45, 2.75) is 57.2 Å². The first-order valence-electron chi connectivity index (χ1n) is 6.39. The minimum atomic E-state index is -4.23. The molecule has 0 atom stereocenters. The molecule has 0 aromatic rings. The van der Waals surface area contributed by atoms with Crippen molar-refractivity contribution in [2.75, 3.05) is 19.7 Å². The van der Waals surface area contributed by atoms with Crippen molar-refractivity contribution in [3.05, 3.63) is 0 Å². The van der Waals surface area contributed by atoms with Crippen LogP contribution >= 0.6 is 0 Å². The molecule has 1 aliphatic rings. The summed E-state index contributed by atoms with van der Waals surface area (Å²) in [5.41, 5.74) is -0.609. The Labute approximate surface area is 101 Å². The molecule has 1 N–H and O–H groups in total. The van der Waals surface area contributed by atoms with Crippen LogP contribution in [0.5, 0.6) is 0 Å². The zero-order valence-corrected chi connectivity index (χ0v) is 10.4. The number of ether oxygens (including phenoxy) is 1. The highest BCUT2D eigenvalue weighted by Gasteiger charge is 2.37. The van der Waals surface area contributed by atoms with Crippen LogP contribution in [0.1, 0.15) is 45.4 Å². The fraction of sp³-hybridized carbons (Fsp3) is 1.00. The summed E-state index contributed by atoms with van der Waals surface area (Å²) in [5.74, 6) is 0. The van der Waals surface area contributed by atoms with Gasteiger partial charge in [0.05, 0.1) is 5.60 Å². The first kappa shape index (κ1) is 14.8. The SMILES string of the molecule is CCNCC1(OCC(F)(F)F)CCCCCC1. The van der Waals surface area contributed by atoms with E-state index in [2.05, 4.69) is 5.32 Å². The smallest absolute Gasteiger partial charge is 0.364 e. The molecule has 0 aromatic heterocycles. The number of rotatable bonds is 5. The van der Waals surface area contributed by atoms with Crippen LogP contribution in [0.2, 0.25) is 0 Å². The average Bonchev–Trinajstić information content (AvgIpc) is 2.49. The Kier molecular flexibility index (Phi) is 5.73. The molecule has 2 nitrogen and oxygen atoms in total. The molecule has 0 radical (unpaired) electrons. The summed E-state index contributed by atoms with van der Waals surface area (Å²) in [4.78, 5) is 0. The number of nitrogens with one attached hydrogen (secondary N) is 1. The third-order valence-electron chi connectivity index (χ3n) is 3.25. The molecule has 0 aliphatic heterocycles. The number of alkyl halides is 3. The van der Waals surface area contributed by atoms with Gasteiger partial charge in [-0.1, -0.05) is 32.6 Å². The van der Waals surface area contributed by atoms with Crippen molar-refractivity contribution in [2.24, 2.45) is 0 Å². The summed E-state index contributed by atoms with van der Waals surface area (Å²) in [5, 5.41) is 3.13. The monoisotopic (exact) mass is 253 g/mol. The Morgan fingerprint density at radius 1 is 1.12 bits per heavy atom. The first-order chi connectivity index (χ1) is 7.97. The van der Waals surface area contributed by atoms with Gasteiger partial charge in [0.15, 0.2) is 0 Å². The quantitative estimate of drug-likeness (QED) is 0.759. The highest BCUT2D eigenvalue weighted by Crippen LogP contribution is 2.31. The van der Waals surface area contributed by atoms with E-state index in [1.165, 1.54) is 0 Å². The second-order valence-corrected chi connectivity index (χ2v) is 4.78. The van der Waals surface area contributed by atoms with Crippen LogP contribution in [0.4, 0.5) is 13.2 Å². The second-order valence-electron chi connectivity index (χ2n) is 4.78. The molecule has 5 heteroatoms. The molecule has 0 bridgehead atoms. The van der Waals surface area contributed by atoms with Crippen LogP contribution in [0.3, 0.4) is 0 Å². The Hall–Kier alpha value is -0.290. The highest BCUT2D eigenvalue weighted by molar-refractivity contribution is 4.85. The maximum Gasteiger partial charge on any atom is 0.411 e. The van der Waals surface area contributed by atoms with E-state index in [4.69, 9.17) is 4.74 Å². The van der Waals surface area contributed by atoms with E-state index in [1.54, 1.807) is 0 Å². The zero-order valence-electron chi connectivity index (χ0n) is 10.4. The fourth-order valence-electron chi connectivity index (χ4n) is 2.33. The van der Waals surface area contributed by atoms with E-state index in [0.717, 1.165) is 45.1 Å². The maximum atomic E-state index is 12.3. The van der Waals surface area contributed by atoms with Crippen LogP contribution in [-0.2, 0) is 4.74 Å². The van der Waals surface area contributed by atoms with Gasteiger partial charge in [-0.15, -0.1) is 0 Å². The van der Waals surface area contributed by atoms with Gasteiger partial charge in [-0.3, -0.25) is 0 Å². The molecule has 102 valence electrons. The van der Waals surface area contributed by atoms with Crippen molar-refractivity contribution in [1.82, 2.24) is 5.32 Å². The largest absolute Gasteiger partial charge is 0.411 e. The van der Waals surface area contributed by atoms with Crippen LogP contribution in [0.15, 0.2) is 0 Å². The number of likely N-dealkylation sites (N-methyl/N-ethyl adjacent to an activating group) is 1. The van der Waals surface area contributed by atoms with Crippen molar-refractivity contribution in [1.29, 1.82) is 0 Å². The Morgan fingerprint density at radius 2 is 1.71 bits per heavy atom. The first-order valence-corrected chi connectivity index (χ1v) is 6.39. The lowest BCUT2D eigenvalue weighted by Gasteiger charge is -2.33. The Bertz CT molecular complexity index is 210. The van der Waals surface area contributed by atoms with Crippen molar-refractivity contribution in [3.63, 3.8) is 0 Å². The van der Waals surface area contributed by atoms with Crippen molar-refractivity contribution < 1.29 is 17.9 Å². The molecule has 0 unspecified atom stereocenters. The molecular formula is C12H22F3NO. The zero-order chi connectivity index (χ0) is 12.8. The van der Waals surface area contributed by atoms with Crippen LogP contribution < -0.4 is 5.32 Å².